The van der Waals surface area contributed by atoms with Gasteiger partial charge in [-0.3, -0.25) is 4.79 Å². The molecule has 1 saturated heterocycles. The number of carbonyl (C=O) groups excluding carboxylic acids is 1. The number of ether oxygens (including phenoxy) is 2. The Morgan fingerprint density at radius 2 is 2.47 bits per heavy atom. The van der Waals surface area contributed by atoms with Crippen LogP contribution in [0, 0.1) is 11.8 Å². The average Bonchev–Trinajstić information content (AvgIpc) is 2.92. The van der Waals surface area contributed by atoms with Crippen molar-refractivity contribution >= 4 is 17.2 Å². The van der Waals surface area contributed by atoms with Crippen molar-refractivity contribution in [2.75, 3.05) is 32.9 Å². The fourth-order valence-corrected chi connectivity index (χ4v) is 2.38. The molecule has 0 spiro atoms. The van der Waals surface area contributed by atoms with E-state index in [1.807, 2.05) is 0 Å². The molecule has 102 valence electrons. The lowest BCUT2D eigenvalue weighted by Gasteiger charge is -2.22. The Balaban J connectivity index is 1.83. The number of nitrogens with two attached hydrogens (primary N) is 1. The topological polar surface area (TPSA) is 73.6 Å². The minimum Gasteiger partial charge on any atom is -0.376 e. The highest BCUT2D eigenvalue weighted by Gasteiger charge is 2.16. The molecule has 0 bridgehead atoms. The summed E-state index contributed by atoms with van der Waals surface area (Å²) >= 11 is 1.43. The van der Waals surface area contributed by atoms with E-state index < -0.39 is 0 Å². The van der Waals surface area contributed by atoms with E-state index in [9.17, 15) is 4.79 Å². The quantitative estimate of drug-likeness (QED) is 0.776. The van der Waals surface area contributed by atoms with Crippen molar-refractivity contribution in [1.82, 2.24) is 5.32 Å². The van der Waals surface area contributed by atoms with E-state index in [-0.39, 0.29) is 12.0 Å². The highest BCUT2D eigenvalue weighted by molar-refractivity contribution is 7.10. The molecule has 0 aromatic carbocycles. The maximum absolute atomic E-state index is 11.9. The first-order valence-corrected chi connectivity index (χ1v) is 6.92. The third kappa shape index (κ3) is 4.33. The number of hydrogen-bond donors (Lipinski definition) is 2. The van der Waals surface area contributed by atoms with Gasteiger partial charge in [0, 0.05) is 11.9 Å². The Hall–Kier alpha value is -1.39. The van der Waals surface area contributed by atoms with Gasteiger partial charge in [0.05, 0.1) is 42.9 Å². The van der Waals surface area contributed by atoms with Gasteiger partial charge in [-0.2, -0.15) is 0 Å². The van der Waals surface area contributed by atoms with Crippen LogP contribution in [0.2, 0.25) is 0 Å². The summed E-state index contributed by atoms with van der Waals surface area (Å²) in [6.07, 6.45) is -0.0622. The van der Waals surface area contributed by atoms with Gasteiger partial charge in [0.15, 0.2) is 0 Å². The molecule has 1 aromatic heterocycles. The predicted molar refractivity (Wildman–Crippen MR) is 73.1 cm³/mol. The van der Waals surface area contributed by atoms with E-state index in [1.54, 1.807) is 11.4 Å². The summed E-state index contributed by atoms with van der Waals surface area (Å²) in [5, 5.41) is 4.61. The molecule has 1 aliphatic heterocycles. The number of hydrogen-bond acceptors (Lipinski definition) is 5. The van der Waals surface area contributed by atoms with Gasteiger partial charge in [0.2, 0.25) is 0 Å². The molecule has 1 amide bonds. The molecule has 6 heteroatoms. The molecule has 2 heterocycles. The first-order chi connectivity index (χ1) is 9.29. The second kappa shape index (κ2) is 7.26. The molecule has 1 fully saturated rings. The maximum Gasteiger partial charge on any atom is 0.252 e. The average molecular weight is 280 g/mol. The van der Waals surface area contributed by atoms with Crippen LogP contribution in [0.1, 0.15) is 15.2 Å². The van der Waals surface area contributed by atoms with E-state index in [0.717, 1.165) is 4.88 Å². The van der Waals surface area contributed by atoms with Crippen LogP contribution >= 0.6 is 11.3 Å². The van der Waals surface area contributed by atoms with Crippen LogP contribution in [0.15, 0.2) is 11.4 Å². The Morgan fingerprint density at radius 3 is 3.21 bits per heavy atom. The molecule has 1 aliphatic rings. The molecular weight excluding hydrogens is 264 g/mol. The Bertz CT molecular complexity index is 484. The molecule has 0 aliphatic carbocycles. The second-order valence-electron chi connectivity index (χ2n) is 3.98. The first kappa shape index (κ1) is 14.0. The van der Waals surface area contributed by atoms with Crippen LogP contribution in [0.25, 0.3) is 0 Å². The Kier molecular flexibility index (Phi) is 5.36. The van der Waals surface area contributed by atoms with E-state index in [1.165, 1.54) is 11.3 Å². The molecular formula is C13H16N2O3S. The molecule has 19 heavy (non-hydrogen) atoms. The van der Waals surface area contributed by atoms with Crippen molar-refractivity contribution in [2.45, 2.75) is 6.10 Å². The standard InChI is InChI=1S/C13H16N2O3S/c14-3-1-2-12-6-10(9-19-12)13(16)15-7-11-8-17-4-5-18-11/h6,9,11H,3-5,7-8,14H2,(H,15,16). The van der Waals surface area contributed by atoms with Crippen molar-refractivity contribution in [2.24, 2.45) is 5.73 Å². The number of nitrogens with one attached hydrogen (secondary N) is 1. The summed E-state index contributed by atoms with van der Waals surface area (Å²) in [5.74, 6) is 5.55. The lowest BCUT2D eigenvalue weighted by Crippen LogP contribution is -2.39. The van der Waals surface area contributed by atoms with Crippen molar-refractivity contribution < 1.29 is 14.3 Å². The van der Waals surface area contributed by atoms with E-state index in [4.69, 9.17) is 15.2 Å². The van der Waals surface area contributed by atoms with Gasteiger partial charge >= 0.3 is 0 Å². The number of carbonyl (C=O) groups is 1. The zero-order valence-corrected chi connectivity index (χ0v) is 11.3. The molecule has 3 N–H and O–H groups in total. The van der Waals surface area contributed by atoms with Crippen LogP contribution in [0.4, 0.5) is 0 Å². The van der Waals surface area contributed by atoms with Gasteiger partial charge in [-0.25, -0.2) is 0 Å². The Labute approximate surface area is 116 Å². The van der Waals surface area contributed by atoms with Gasteiger partial charge in [-0.15, -0.1) is 11.3 Å². The first-order valence-electron chi connectivity index (χ1n) is 6.04. The second-order valence-corrected chi connectivity index (χ2v) is 4.89. The number of amides is 1. The van der Waals surface area contributed by atoms with Gasteiger partial charge in [0.25, 0.3) is 5.91 Å². The molecule has 1 atom stereocenters. The van der Waals surface area contributed by atoms with E-state index in [0.29, 0.717) is 38.5 Å². The lowest BCUT2D eigenvalue weighted by atomic mass is 10.2. The maximum atomic E-state index is 11.9. The molecule has 0 radical (unpaired) electrons. The number of rotatable bonds is 3. The Morgan fingerprint density at radius 1 is 1.58 bits per heavy atom. The van der Waals surface area contributed by atoms with Gasteiger partial charge in [-0.1, -0.05) is 11.8 Å². The molecule has 0 saturated carbocycles. The summed E-state index contributed by atoms with van der Waals surface area (Å²) in [5.41, 5.74) is 5.91. The largest absolute Gasteiger partial charge is 0.376 e. The van der Waals surface area contributed by atoms with E-state index >= 15 is 0 Å². The highest BCUT2D eigenvalue weighted by Crippen LogP contribution is 2.13. The molecule has 1 aromatic rings. The smallest absolute Gasteiger partial charge is 0.252 e. The van der Waals surface area contributed by atoms with Crippen molar-refractivity contribution in [3.05, 3.63) is 21.9 Å². The number of thiophene rings is 1. The summed E-state index contributed by atoms with van der Waals surface area (Å²) in [7, 11) is 0. The zero-order chi connectivity index (χ0) is 13.5. The van der Waals surface area contributed by atoms with Crippen LogP contribution < -0.4 is 11.1 Å². The summed E-state index contributed by atoms with van der Waals surface area (Å²) in [6, 6.07) is 1.76. The lowest BCUT2D eigenvalue weighted by molar-refractivity contribution is -0.0855. The molecule has 5 nitrogen and oxygen atoms in total. The van der Waals surface area contributed by atoms with Crippen molar-refractivity contribution in [3.63, 3.8) is 0 Å². The summed E-state index contributed by atoms with van der Waals surface area (Å²) in [4.78, 5) is 12.7. The third-order valence-corrected chi connectivity index (χ3v) is 3.40. The summed E-state index contributed by atoms with van der Waals surface area (Å²) < 4.78 is 10.7. The van der Waals surface area contributed by atoms with Crippen LogP contribution in [-0.2, 0) is 9.47 Å². The minimum atomic E-state index is -0.119. The third-order valence-electron chi connectivity index (χ3n) is 2.55. The van der Waals surface area contributed by atoms with E-state index in [2.05, 4.69) is 17.2 Å². The van der Waals surface area contributed by atoms with Crippen LogP contribution in [-0.4, -0.2) is 44.9 Å². The zero-order valence-electron chi connectivity index (χ0n) is 10.5. The van der Waals surface area contributed by atoms with Crippen LogP contribution in [0.5, 0.6) is 0 Å². The predicted octanol–water partition coefficient (Wildman–Crippen LogP) is 0.203. The van der Waals surface area contributed by atoms with Gasteiger partial charge in [0.1, 0.15) is 0 Å². The molecule has 1 unspecified atom stereocenters. The fourth-order valence-electron chi connectivity index (χ4n) is 1.62. The highest BCUT2D eigenvalue weighted by atomic mass is 32.1. The minimum absolute atomic E-state index is 0.0622. The monoisotopic (exact) mass is 280 g/mol. The van der Waals surface area contributed by atoms with Crippen LogP contribution in [0.3, 0.4) is 0 Å². The molecule has 2 rings (SSSR count). The normalized spacial score (nSPS) is 18.5. The summed E-state index contributed by atoms with van der Waals surface area (Å²) in [6.45, 7) is 2.50. The van der Waals surface area contributed by atoms with Crippen molar-refractivity contribution in [1.29, 1.82) is 0 Å². The SMILES string of the molecule is NCC#Cc1cc(C(=O)NCC2COCCO2)cs1. The van der Waals surface area contributed by atoms with Crippen molar-refractivity contribution in [3.8, 4) is 11.8 Å². The fraction of sp³-hybridized carbons (Fsp3) is 0.462. The van der Waals surface area contributed by atoms with Gasteiger partial charge < -0.3 is 20.5 Å². The van der Waals surface area contributed by atoms with Gasteiger partial charge in [-0.05, 0) is 6.07 Å².